The van der Waals surface area contributed by atoms with Gasteiger partial charge in [-0.15, -0.1) is 0 Å². The lowest BCUT2D eigenvalue weighted by molar-refractivity contribution is -0.156. The van der Waals surface area contributed by atoms with Gasteiger partial charge in [0, 0.05) is 44.6 Å². The molecule has 3 atom stereocenters. The van der Waals surface area contributed by atoms with Gasteiger partial charge >= 0.3 is 0 Å². The zero-order chi connectivity index (χ0) is 19.0. The highest BCUT2D eigenvalue weighted by molar-refractivity contribution is 5.80. The molecule has 1 N–H and O–H groups in total. The van der Waals surface area contributed by atoms with Gasteiger partial charge in [-0.05, 0) is 51.9 Å². The van der Waals surface area contributed by atoms with E-state index in [2.05, 4.69) is 27.2 Å². The summed E-state index contributed by atoms with van der Waals surface area (Å²) in [5.41, 5.74) is 3.49. The summed E-state index contributed by atoms with van der Waals surface area (Å²) < 4.78 is 0. The van der Waals surface area contributed by atoms with Crippen molar-refractivity contribution in [3.63, 3.8) is 0 Å². The Hall–Kier alpha value is -1.14. The number of hydrogen-bond acceptors (Lipinski definition) is 4. The lowest BCUT2D eigenvalue weighted by Crippen LogP contribution is -2.67. The molecular formula is C21H36N4O2. The average molecular weight is 377 g/mol. The van der Waals surface area contributed by atoms with Gasteiger partial charge in [0.2, 0.25) is 11.8 Å². The van der Waals surface area contributed by atoms with E-state index in [9.17, 15) is 9.59 Å². The van der Waals surface area contributed by atoms with Crippen LogP contribution in [0.3, 0.4) is 0 Å². The van der Waals surface area contributed by atoms with Crippen LogP contribution in [0.15, 0.2) is 0 Å². The van der Waals surface area contributed by atoms with Crippen LogP contribution >= 0.6 is 0 Å². The van der Waals surface area contributed by atoms with E-state index >= 15 is 0 Å². The summed E-state index contributed by atoms with van der Waals surface area (Å²) in [6, 6.07) is 1.21. The Morgan fingerprint density at radius 3 is 2.26 bits per heavy atom. The third-order valence-corrected chi connectivity index (χ3v) is 7.41. The first kappa shape index (κ1) is 19.2. The molecule has 2 saturated carbocycles. The molecule has 4 aliphatic rings. The number of rotatable bonds is 2. The first-order valence-electron chi connectivity index (χ1n) is 11.2. The fraction of sp³-hybridized carbons (Fsp3) is 0.905. The minimum absolute atomic E-state index is 0.135. The molecule has 0 radical (unpaired) electrons. The van der Waals surface area contributed by atoms with Crippen molar-refractivity contribution in [2.75, 3.05) is 19.6 Å². The molecule has 2 heterocycles. The number of hydrogen-bond donors (Lipinski definition) is 1. The van der Waals surface area contributed by atoms with Crippen LogP contribution in [-0.2, 0) is 9.59 Å². The molecule has 2 unspecified atom stereocenters. The maximum Gasteiger partial charge on any atom is 0.226 e. The highest BCUT2D eigenvalue weighted by Crippen LogP contribution is 2.36. The summed E-state index contributed by atoms with van der Waals surface area (Å²) in [5.74, 6) is 0.724. The van der Waals surface area contributed by atoms with Crippen LogP contribution in [0.1, 0.15) is 71.6 Å². The SMILES string of the molecule is CC(=O)N1C2CCCCC2N(C(=O)C2CCC(N3CCCN3)CC2)C[C@@H]1C. The normalized spacial score (nSPS) is 37.9. The molecule has 27 heavy (non-hydrogen) atoms. The van der Waals surface area contributed by atoms with E-state index in [1.54, 1.807) is 6.92 Å². The number of carbonyl (C=O) groups excluding carboxylic acids is 2. The van der Waals surface area contributed by atoms with Crippen molar-refractivity contribution in [1.82, 2.24) is 20.2 Å². The third-order valence-electron chi connectivity index (χ3n) is 7.41. The van der Waals surface area contributed by atoms with Gasteiger partial charge < -0.3 is 9.80 Å². The molecule has 0 aromatic heterocycles. The fourth-order valence-electron chi connectivity index (χ4n) is 6.14. The molecule has 2 aliphatic heterocycles. The molecular weight excluding hydrogens is 340 g/mol. The van der Waals surface area contributed by atoms with E-state index in [0.717, 1.165) is 51.6 Å². The highest BCUT2D eigenvalue weighted by Gasteiger charge is 2.45. The molecule has 0 aromatic rings. The van der Waals surface area contributed by atoms with Crippen LogP contribution in [0.2, 0.25) is 0 Å². The quantitative estimate of drug-likeness (QED) is 0.802. The second kappa shape index (κ2) is 8.08. The Morgan fingerprint density at radius 1 is 0.926 bits per heavy atom. The van der Waals surface area contributed by atoms with Crippen molar-refractivity contribution in [2.45, 2.75) is 95.8 Å². The van der Waals surface area contributed by atoms with E-state index < -0.39 is 0 Å². The average Bonchev–Trinajstić information content (AvgIpc) is 3.21. The van der Waals surface area contributed by atoms with Gasteiger partial charge in [-0.2, -0.15) is 0 Å². The van der Waals surface area contributed by atoms with Gasteiger partial charge in [0.05, 0.1) is 12.1 Å². The van der Waals surface area contributed by atoms with Crippen LogP contribution in [0, 0.1) is 5.92 Å². The number of amides is 2. The van der Waals surface area contributed by atoms with Crippen LogP contribution < -0.4 is 5.43 Å². The summed E-state index contributed by atoms with van der Waals surface area (Å²) in [5, 5.41) is 2.41. The maximum atomic E-state index is 13.5. The number of carbonyl (C=O) groups is 2. The first-order chi connectivity index (χ1) is 13.1. The van der Waals surface area contributed by atoms with E-state index in [0.29, 0.717) is 18.5 Å². The van der Waals surface area contributed by atoms with Gasteiger partial charge in [0.15, 0.2) is 0 Å². The number of piperazine rings is 1. The van der Waals surface area contributed by atoms with Gasteiger partial charge in [-0.25, -0.2) is 5.01 Å². The second-order valence-corrected chi connectivity index (χ2v) is 9.15. The number of nitrogens with zero attached hydrogens (tertiary/aromatic N) is 3. The Morgan fingerprint density at radius 2 is 1.63 bits per heavy atom. The largest absolute Gasteiger partial charge is 0.335 e. The molecule has 4 rings (SSSR count). The van der Waals surface area contributed by atoms with Crippen molar-refractivity contribution in [3.05, 3.63) is 0 Å². The molecule has 2 aliphatic carbocycles. The lowest BCUT2D eigenvalue weighted by atomic mass is 9.81. The predicted molar refractivity (Wildman–Crippen MR) is 105 cm³/mol. The zero-order valence-electron chi connectivity index (χ0n) is 17.0. The zero-order valence-corrected chi connectivity index (χ0v) is 17.0. The second-order valence-electron chi connectivity index (χ2n) is 9.15. The van der Waals surface area contributed by atoms with Crippen molar-refractivity contribution in [1.29, 1.82) is 0 Å². The Labute approximate surface area is 163 Å². The smallest absolute Gasteiger partial charge is 0.226 e. The molecule has 152 valence electrons. The Kier molecular flexibility index (Phi) is 5.74. The molecule has 2 amide bonds. The van der Waals surface area contributed by atoms with E-state index in [-0.39, 0.29) is 30.0 Å². The van der Waals surface area contributed by atoms with Crippen molar-refractivity contribution < 1.29 is 9.59 Å². The molecule has 0 aromatic carbocycles. The minimum atomic E-state index is 0.135. The van der Waals surface area contributed by atoms with Crippen LogP contribution in [0.5, 0.6) is 0 Å². The van der Waals surface area contributed by atoms with E-state index in [1.165, 1.54) is 19.3 Å². The summed E-state index contributed by atoms with van der Waals surface area (Å²) in [4.78, 5) is 29.9. The van der Waals surface area contributed by atoms with E-state index in [4.69, 9.17) is 0 Å². The lowest BCUT2D eigenvalue weighted by Gasteiger charge is -2.53. The fourth-order valence-corrected chi connectivity index (χ4v) is 6.14. The van der Waals surface area contributed by atoms with E-state index in [1.807, 2.05) is 0 Å². The van der Waals surface area contributed by atoms with Crippen molar-refractivity contribution in [3.8, 4) is 0 Å². The number of fused-ring (bicyclic) bond motifs is 1. The molecule has 6 heteroatoms. The van der Waals surface area contributed by atoms with Crippen LogP contribution in [0.4, 0.5) is 0 Å². The molecule has 6 nitrogen and oxygen atoms in total. The number of hydrazine groups is 1. The van der Waals surface area contributed by atoms with Gasteiger partial charge in [-0.1, -0.05) is 12.8 Å². The molecule has 0 spiro atoms. The minimum Gasteiger partial charge on any atom is -0.335 e. The highest BCUT2D eigenvalue weighted by atomic mass is 16.2. The molecule has 0 bridgehead atoms. The Bertz CT molecular complexity index is 554. The van der Waals surface area contributed by atoms with Crippen molar-refractivity contribution in [2.24, 2.45) is 5.92 Å². The van der Waals surface area contributed by atoms with Gasteiger partial charge in [0.25, 0.3) is 0 Å². The van der Waals surface area contributed by atoms with Gasteiger partial charge in [-0.3, -0.25) is 15.0 Å². The maximum absolute atomic E-state index is 13.5. The number of nitrogens with one attached hydrogen (secondary N) is 1. The van der Waals surface area contributed by atoms with Crippen molar-refractivity contribution >= 4 is 11.8 Å². The Balaban J connectivity index is 1.41. The predicted octanol–water partition coefficient (Wildman–Crippen LogP) is 2.15. The monoisotopic (exact) mass is 376 g/mol. The summed E-state index contributed by atoms with van der Waals surface area (Å²) in [7, 11) is 0. The topological polar surface area (TPSA) is 55.9 Å². The van der Waals surface area contributed by atoms with Crippen LogP contribution in [0.25, 0.3) is 0 Å². The summed E-state index contributed by atoms with van der Waals surface area (Å²) in [6.45, 7) is 6.76. The van der Waals surface area contributed by atoms with Gasteiger partial charge in [0.1, 0.15) is 0 Å². The first-order valence-corrected chi connectivity index (χ1v) is 11.2. The standard InChI is InChI=1S/C21H36N4O2/c1-15-14-23(19-6-3-4-7-20(19)25(15)16(2)26)21(27)17-8-10-18(11-9-17)24-13-5-12-22-24/h15,17-20,22H,3-14H2,1-2H3/t15-,17?,18?,19?,20?/m0/s1. The summed E-state index contributed by atoms with van der Waals surface area (Å²) in [6.07, 6.45) is 9.97. The third kappa shape index (κ3) is 3.75. The summed E-state index contributed by atoms with van der Waals surface area (Å²) >= 11 is 0. The van der Waals surface area contributed by atoms with Crippen LogP contribution in [-0.4, -0.2) is 70.4 Å². The molecule has 2 saturated heterocycles. The molecule has 4 fully saturated rings.